The summed E-state index contributed by atoms with van der Waals surface area (Å²) in [6.45, 7) is 2.41. The molecule has 0 fully saturated rings. The van der Waals surface area contributed by atoms with E-state index in [4.69, 9.17) is 27.4 Å². The topological polar surface area (TPSA) is 44.5 Å². The molecule has 0 unspecified atom stereocenters. The highest BCUT2D eigenvalue weighted by Gasteiger charge is 2.11. The lowest BCUT2D eigenvalue weighted by molar-refractivity contribution is 0.0221. The highest BCUT2D eigenvalue weighted by Crippen LogP contribution is 2.21. The molecule has 1 aromatic rings. The van der Waals surface area contributed by atoms with E-state index in [0.717, 1.165) is 0 Å². The van der Waals surface area contributed by atoms with Crippen LogP contribution in [-0.4, -0.2) is 18.4 Å². The first-order valence-corrected chi connectivity index (χ1v) is 4.86. The Hall–Kier alpha value is -1.20. The molecule has 0 saturated heterocycles. The molecule has 0 aliphatic carbocycles. The van der Waals surface area contributed by atoms with E-state index in [1.54, 1.807) is 6.07 Å². The molecule has 0 aromatic heterocycles. The van der Waals surface area contributed by atoms with Crippen LogP contribution in [0.5, 0.6) is 5.75 Å². The maximum Gasteiger partial charge on any atom is 0.189 e. The normalized spacial score (nSPS) is 10.0. The summed E-state index contributed by atoms with van der Waals surface area (Å²) in [5, 5.41) is 0. The predicted octanol–water partition coefficient (Wildman–Crippen LogP) is 1.83. The third kappa shape index (κ3) is 3.14. The molecule has 0 atom stereocenters. The quantitative estimate of drug-likeness (QED) is 0.475. The van der Waals surface area contributed by atoms with Crippen LogP contribution in [0.1, 0.15) is 12.5 Å². The van der Waals surface area contributed by atoms with Gasteiger partial charge in [-0.3, -0.25) is 0 Å². The summed E-state index contributed by atoms with van der Waals surface area (Å²) in [7, 11) is 0. The first-order chi connectivity index (χ1) is 7.16. The molecule has 2 N–H and O–H groups in total. The Kier molecular flexibility index (Phi) is 4.45. The number of halogens is 1. The van der Waals surface area contributed by atoms with Crippen LogP contribution in [0.4, 0.5) is 4.39 Å². The van der Waals surface area contributed by atoms with E-state index in [9.17, 15) is 4.39 Å². The van der Waals surface area contributed by atoms with Gasteiger partial charge in [0, 0.05) is 6.61 Å². The number of hydrogen-bond donors (Lipinski definition) is 1. The maximum absolute atomic E-state index is 13.3. The van der Waals surface area contributed by atoms with E-state index in [0.29, 0.717) is 12.4 Å². The van der Waals surface area contributed by atoms with Crippen molar-refractivity contribution in [2.45, 2.75) is 6.92 Å². The van der Waals surface area contributed by atoms with Gasteiger partial charge in [-0.25, -0.2) is 4.39 Å². The predicted molar refractivity (Wildman–Crippen MR) is 59.4 cm³/mol. The van der Waals surface area contributed by atoms with Crippen molar-refractivity contribution in [3.8, 4) is 5.75 Å². The Labute approximate surface area is 93.0 Å². The first kappa shape index (κ1) is 11.9. The molecule has 0 bridgehead atoms. The van der Waals surface area contributed by atoms with E-state index >= 15 is 0 Å². The average Bonchev–Trinajstić information content (AvgIpc) is 2.17. The molecule has 5 heteroatoms. The molecule has 0 aliphatic heterocycles. The SMILES string of the molecule is CCOCOc1cccc(F)c1C(N)=S. The number of rotatable bonds is 5. The van der Waals surface area contributed by atoms with Crippen molar-refractivity contribution in [2.75, 3.05) is 13.4 Å². The fraction of sp³-hybridized carbons (Fsp3) is 0.300. The van der Waals surface area contributed by atoms with E-state index in [1.807, 2.05) is 6.92 Å². The number of ether oxygens (including phenoxy) is 2. The van der Waals surface area contributed by atoms with Gasteiger partial charge in [-0.05, 0) is 19.1 Å². The molecular weight excluding hydrogens is 217 g/mol. The summed E-state index contributed by atoms with van der Waals surface area (Å²) in [5.74, 6) is -0.188. The zero-order chi connectivity index (χ0) is 11.3. The van der Waals surface area contributed by atoms with Gasteiger partial charge in [0.05, 0.1) is 5.56 Å². The van der Waals surface area contributed by atoms with Crippen LogP contribution in [0.2, 0.25) is 0 Å². The number of thiocarbonyl (C=S) groups is 1. The summed E-state index contributed by atoms with van der Waals surface area (Å²) < 4.78 is 23.5. The van der Waals surface area contributed by atoms with Crippen LogP contribution >= 0.6 is 12.2 Å². The van der Waals surface area contributed by atoms with Crippen LogP contribution in [0, 0.1) is 5.82 Å². The molecule has 1 aromatic carbocycles. The Morgan fingerprint density at radius 2 is 2.27 bits per heavy atom. The van der Waals surface area contributed by atoms with Crippen molar-refractivity contribution in [1.29, 1.82) is 0 Å². The molecule has 3 nitrogen and oxygen atoms in total. The molecule has 0 saturated carbocycles. The van der Waals surface area contributed by atoms with Crippen molar-refractivity contribution in [3.63, 3.8) is 0 Å². The lowest BCUT2D eigenvalue weighted by Crippen LogP contribution is -2.15. The zero-order valence-electron chi connectivity index (χ0n) is 8.33. The molecular formula is C10H12FNO2S. The molecule has 0 spiro atoms. The van der Waals surface area contributed by atoms with E-state index in [1.165, 1.54) is 12.1 Å². The Balaban J connectivity index is 2.86. The fourth-order valence-electron chi connectivity index (χ4n) is 1.05. The third-order valence-electron chi connectivity index (χ3n) is 1.72. The lowest BCUT2D eigenvalue weighted by atomic mass is 10.2. The highest BCUT2D eigenvalue weighted by atomic mass is 32.1. The van der Waals surface area contributed by atoms with E-state index < -0.39 is 5.82 Å². The molecule has 0 heterocycles. The van der Waals surface area contributed by atoms with Gasteiger partial charge in [-0.2, -0.15) is 0 Å². The van der Waals surface area contributed by atoms with Gasteiger partial charge in [-0.15, -0.1) is 0 Å². The van der Waals surface area contributed by atoms with Gasteiger partial charge in [0.25, 0.3) is 0 Å². The molecule has 0 radical (unpaired) electrons. The smallest absolute Gasteiger partial charge is 0.189 e. The summed E-state index contributed by atoms with van der Waals surface area (Å²) in [5.41, 5.74) is 5.51. The molecule has 0 amide bonds. The van der Waals surface area contributed by atoms with E-state index in [-0.39, 0.29) is 17.3 Å². The maximum atomic E-state index is 13.3. The van der Waals surface area contributed by atoms with Crippen molar-refractivity contribution in [3.05, 3.63) is 29.6 Å². The van der Waals surface area contributed by atoms with Gasteiger partial charge >= 0.3 is 0 Å². The fourth-order valence-corrected chi connectivity index (χ4v) is 1.25. The number of hydrogen-bond acceptors (Lipinski definition) is 3. The molecule has 0 aliphatic rings. The van der Waals surface area contributed by atoms with Crippen molar-refractivity contribution >= 4 is 17.2 Å². The monoisotopic (exact) mass is 229 g/mol. The van der Waals surface area contributed by atoms with Crippen LogP contribution in [0.3, 0.4) is 0 Å². The molecule has 82 valence electrons. The van der Waals surface area contributed by atoms with Crippen LogP contribution in [0.15, 0.2) is 18.2 Å². The minimum Gasteiger partial charge on any atom is -0.467 e. The van der Waals surface area contributed by atoms with Gasteiger partial charge in [-0.1, -0.05) is 18.3 Å². The molecule has 1 rings (SSSR count). The van der Waals surface area contributed by atoms with Crippen molar-refractivity contribution < 1.29 is 13.9 Å². The minimum atomic E-state index is -0.489. The second kappa shape index (κ2) is 5.63. The van der Waals surface area contributed by atoms with Gasteiger partial charge in [0.15, 0.2) is 6.79 Å². The Morgan fingerprint density at radius 1 is 1.53 bits per heavy atom. The van der Waals surface area contributed by atoms with Crippen molar-refractivity contribution in [2.24, 2.45) is 5.73 Å². The molecule has 15 heavy (non-hydrogen) atoms. The summed E-state index contributed by atoms with van der Waals surface area (Å²) in [4.78, 5) is -0.0281. The van der Waals surface area contributed by atoms with Crippen LogP contribution < -0.4 is 10.5 Å². The van der Waals surface area contributed by atoms with Crippen LogP contribution in [0.25, 0.3) is 0 Å². The first-order valence-electron chi connectivity index (χ1n) is 4.45. The number of nitrogens with two attached hydrogens (primary N) is 1. The van der Waals surface area contributed by atoms with Gasteiger partial charge < -0.3 is 15.2 Å². The summed E-state index contributed by atoms with van der Waals surface area (Å²) in [6.07, 6.45) is 0. The zero-order valence-corrected chi connectivity index (χ0v) is 9.14. The van der Waals surface area contributed by atoms with Gasteiger partial charge in [0.2, 0.25) is 0 Å². The summed E-state index contributed by atoms with van der Waals surface area (Å²) in [6, 6.07) is 4.40. The Morgan fingerprint density at radius 3 is 2.87 bits per heavy atom. The van der Waals surface area contributed by atoms with Crippen LogP contribution in [-0.2, 0) is 4.74 Å². The second-order valence-corrected chi connectivity index (χ2v) is 3.17. The standard InChI is InChI=1S/C10H12FNO2S/c1-2-13-6-14-8-5-3-4-7(11)9(8)10(12)15/h3-5H,2,6H2,1H3,(H2,12,15). The second-order valence-electron chi connectivity index (χ2n) is 2.73. The minimum absolute atomic E-state index is 0.0281. The lowest BCUT2D eigenvalue weighted by Gasteiger charge is -2.10. The van der Waals surface area contributed by atoms with Gasteiger partial charge in [0.1, 0.15) is 16.6 Å². The number of benzene rings is 1. The van der Waals surface area contributed by atoms with E-state index in [2.05, 4.69) is 0 Å². The average molecular weight is 229 g/mol. The Bertz CT molecular complexity index is 357. The van der Waals surface area contributed by atoms with Crippen molar-refractivity contribution in [1.82, 2.24) is 0 Å². The largest absolute Gasteiger partial charge is 0.467 e. The third-order valence-corrected chi connectivity index (χ3v) is 1.93. The highest BCUT2D eigenvalue weighted by molar-refractivity contribution is 7.80. The summed E-state index contributed by atoms with van der Waals surface area (Å²) >= 11 is 4.73.